The Kier molecular flexibility index (Phi) is 9.80. The third kappa shape index (κ3) is 11.2. The lowest BCUT2D eigenvalue weighted by molar-refractivity contribution is 0.141. The topological polar surface area (TPSA) is 15.3 Å². The molecule has 2 heteroatoms. The van der Waals surface area contributed by atoms with Crippen LogP contribution >= 0.6 is 0 Å². The molecule has 0 aliphatic heterocycles. The summed E-state index contributed by atoms with van der Waals surface area (Å²) in [4.78, 5) is 2.72. The third-order valence-electron chi connectivity index (χ3n) is 4.34. The average molecular weight is 299 g/mol. The van der Waals surface area contributed by atoms with Crippen LogP contribution in [-0.2, 0) is 0 Å². The lowest BCUT2D eigenvalue weighted by Crippen LogP contribution is -2.46. The minimum absolute atomic E-state index is 0.217. The fourth-order valence-electron chi connectivity index (χ4n) is 2.36. The Hall–Kier alpha value is -0.0800. The Balaban J connectivity index is 4.48. The van der Waals surface area contributed by atoms with Crippen molar-refractivity contribution in [1.29, 1.82) is 0 Å². The average Bonchev–Trinajstić information content (AvgIpc) is 2.33. The van der Waals surface area contributed by atoms with E-state index in [1.54, 1.807) is 0 Å². The first kappa shape index (κ1) is 20.9. The Morgan fingerprint density at radius 2 is 1.24 bits per heavy atom. The van der Waals surface area contributed by atoms with Gasteiger partial charge in [-0.3, -0.25) is 0 Å². The van der Waals surface area contributed by atoms with Crippen LogP contribution in [0.4, 0.5) is 0 Å². The lowest BCUT2D eigenvalue weighted by atomic mass is 9.98. The molecule has 0 aromatic carbocycles. The lowest BCUT2D eigenvalue weighted by Gasteiger charge is -2.35. The van der Waals surface area contributed by atoms with Gasteiger partial charge in [0.25, 0.3) is 0 Å². The highest BCUT2D eigenvalue weighted by Gasteiger charge is 2.21. The molecule has 0 heterocycles. The van der Waals surface area contributed by atoms with Crippen molar-refractivity contribution < 1.29 is 0 Å². The standard InChI is InChI=1S/C19H42N2/c1-15(2)10-12-21(13-11-16(3)4)18(6)17(5)14-20-19(7,8)9/h15-18,20H,10-14H2,1-9H3. The molecule has 0 saturated carbocycles. The quantitative estimate of drug-likeness (QED) is 0.623. The van der Waals surface area contributed by atoms with Crippen molar-refractivity contribution in [2.75, 3.05) is 19.6 Å². The molecule has 0 fully saturated rings. The monoisotopic (exact) mass is 298 g/mol. The van der Waals surface area contributed by atoms with Gasteiger partial charge >= 0.3 is 0 Å². The zero-order chi connectivity index (χ0) is 16.6. The smallest absolute Gasteiger partial charge is 0.0105 e. The van der Waals surface area contributed by atoms with Crippen LogP contribution in [0.5, 0.6) is 0 Å². The predicted octanol–water partition coefficient (Wildman–Crippen LogP) is 4.79. The van der Waals surface area contributed by atoms with E-state index in [0.29, 0.717) is 12.0 Å². The number of rotatable bonds is 10. The van der Waals surface area contributed by atoms with Crippen molar-refractivity contribution in [2.24, 2.45) is 17.8 Å². The molecule has 0 saturated heterocycles. The van der Waals surface area contributed by atoms with Crippen LogP contribution in [-0.4, -0.2) is 36.1 Å². The van der Waals surface area contributed by atoms with Gasteiger partial charge in [0.05, 0.1) is 0 Å². The Labute approximate surface area is 135 Å². The summed E-state index contributed by atoms with van der Waals surface area (Å²) < 4.78 is 0. The summed E-state index contributed by atoms with van der Waals surface area (Å²) >= 11 is 0. The van der Waals surface area contributed by atoms with Crippen LogP contribution in [0.1, 0.15) is 75.2 Å². The van der Waals surface area contributed by atoms with Gasteiger partial charge < -0.3 is 10.2 Å². The molecule has 0 radical (unpaired) electrons. The highest BCUT2D eigenvalue weighted by molar-refractivity contribution is 4.79. The molecule has 128 valence electrons. The first-order chi connectivity index (χ1) is 9.53. The fraction of sp³-hybridized carbons (Fsp3) is 1.00. The van der Waals surface area contributed by atoms with Crippen molar-refractivity contribution in [3.63, 3.8) is 0 Å². The van der Waals surface area contributed by atoms with Gasteiger partial charge in [0.2, 0.25) is 0 Å². The maximum atomic E-state index is 3.66. The summed E-state index contributed by atoms with van der Waals surface area (Å²) in [5.41, 5.74) is 0.217. The van der Waals surface area contributed by atoms with Gasteiger partial charge in [0.15, 0.2) is 0 Å². The van der Waals surface area contributed by atoms with Crippen LogP contribution < -0.4 is 5.32 Å². The Morgan fingerprint density at radius 3 is 1.57 bits per heavy atom. The zero-order valence-electron chi connectivity index (χ0n) is 16.3. The second kappa shape index (κ2) is 9.84. The summed E-state index contributed by atoms with van der Waals surface area (Å²) in [5, 5.41) is 3.66. The molecule has 2 unspecified atom stereocenters. The molecule has 0 amide bonds. The van der Waals surface area contributed by atoms with Gasteiger partial charge in [0, 0.05) is 11.6 Å². The molecular formula is C19H42N2. The molecule has 0 bridgehead atoms. The van der Waals surface area contributed by atoms with Crippen molar-refractivity contribution >= 4 is 0 Å². The highest BCUT2D eigenvalue weighted by Crippen LogP contribution is 2.16. The molecule has 0 aliphatic rings. The summed E-state index contributed by atoms with van der Waals surface area (Å²) in [6.45, 7) is 24.5. The molecule has 2 nitrogen and oxygen atoms in total. The highest BCUT2D eigenvalue weighted by atomic mass is 15.2. The second-order valence-corrected chi connectivity index (χ2v) is 8.75. The molecule has 1 N–H and O–H groups in total. The number of hydrogen-bond acceptors (Lipinski definition) is 2. The van der Waals surface area contributed by atoms with Gasteiger partial charge in [-0.15, -0.1) is 0 Å². The van der Waals surface area contributed by atoms with Crippen LogP contribution in [0.3, 0.4) is 0 Å². The molecule has 0 rings (SSSR count). The van der Waals surface area contributed by atoms with Gasteiger partial charge in [-0.25, -0.2) is 0 Å². The van der Waals surface area contributed by atoms with E-state index in [0.717, 1.165) is 18.4 Å². The van der Waals surface area contributed by atoms with Crippen molar-refractivity contribution in [3.8, 4) is 0 Å². The van der Waals surface area contributed by atoms with Gasteiger partial charge in [-0.1, -0.05) is 34.6 Å². The van der Waals surface area contributed by atoms with Crippen LogP contribution in [0, 0.1) is 17.8 Å². The first-order valence-corrected chi connectivity index (χ1v) is 9.02. The van der Waals surface area contributed by atoms with E-state index in [1.165, 1.54) is 25.9 Å². The van der Waals surface area contributed by atoms with E-state index in [1.807, 2.05) is 0 Å². The molecule has 2 atom stereocenters. The number of hydrogen-bond donors (Lipinski definition) is 1. The van der Waals surface area contributed by atoms with Crippen LogP contribution in [0.25, 0.3) is 0 Å². The maximum Gasteiger partial charge on any atom is 0.0105 e. The normalized spacial score (nSPS) is 16.0. The molecular weight excluding hydrogens is 256 g/mol. The molecule has 0 aromatic rings. The Bertz CT molecular complexity index is 241. The minimum Gasteiger partial charge on any atom is -0.312 e. The molecule has 21 heavy (non-hydrogen) atoms. The summed E-state index contributed by atoms with van der Waals surface area (Å²) in [6, 6.07) is 0.650. The van der Waals surface area contributed by atoms with Crippen molar-refractivity contribution in [3.05, 3.63) is 0 Å². The van der Waals surface area contributed by atoms with E-state index >= 15 is 0 Å². The summed E-state index contributed by atoms with van der Waals surface area (Å²) in [6.07, 6.45) is 2.61. The van der Waals surface area contributed by atoms with E-state index in [9.17, 15) is 0 Å². The molecule has 0 aliphatic carbocycles. The van der Waals surface area contributed by atoms with Crippen molar-refractivity contribution in [1.82, 2.24) is 10.2 Å². The van der Waals surface area contributed by atoms with Gasteiger partial charge in [-0.2, -0.15) is 0 Å². The van der Waals surface area contributed by atoms with Crippen LogP contribution in [0.15, 0.2) is 0 Å². The second-order valence-electron chi connectivity index (χ2n) is 8.75. The summed E-state index contributed by atoms with van der Waals surface area (Å²) in [7, 11) is 0. The summed E-state index contributed by atoms with van der Waals surface area (Å²) in [5.74, 6) is 2.27. The van der Waals surface area contributed by atoms with E-state index in [2.05, 4.69) is 72.5 Å². The van der Waals surface area contributed by atoms with Crippen molar-refractivity contribution in [2.45, 2.75) is 86.7 Å². The maximum absolute atomic E-state index is 3.66. The fourth-order valence-corrected chi connectivity index (χ4v) is 2.36. The third-order valence-corrected chi connectivity index (χ3v) is 4.34. The molecule has 0 spiro atoms. The number of nitrogens with one attached hydrogen (secondary N) is 1. The largest absolute Gasteiger partial charge is 0.312 e. The predicted molar refractivity (Wildman–Crippen MR) is 96.9 cm³/mol. The van der Waals surface area contributed by atoms with E-state index in [-0.39, 0.29) is 5.54 Å². The number of nitrogens with zero attached hydrogens (tertiary/aromatic N) is 1. The van der Waals surface area contributed by atoms with Crippen LogP contribution in [0.2, 0.25) is 0 Å². The van der Waals surface area contributed by atoms with E-state index in [4.69, 9.17) is 0 Å². The Morgan fingerprint density at radius 1 is 0.810 bits per heavy atom. The SMILES string of the molecule is CC(C)CCN(CCC(C)C)C(C)C(C)CNC(C)(C)C. The van der Waals surface area contributed by atoms with E-state index < -0.39 is 0 Å². The minimum atomic E-state index is 0.217. The zero-order valence-corrected chi connectivity index (χ0v) is 16.3. The van der Waals surface area contributed by atoms with Gasteiger partial charge in [0.1, 0.15) is 0 Å². The van der Waals surface area contributed by atoms with Gasteiger partial charge in [-0.05, 0) is 77.9 Å². The molecule has 0 aromatic heterocycles. The first-order valence-electron chi connectivity index (χ1n) is 9.02.